The van der Waals surface area contributed by atoms with Crippen LogP contribution < -0.4 is 0 Å². The minimum absolute atomic E-state index is 0.0297. The molecule has 5 aliphatic carbocycles. The molecule has 2 saturated heterocycles. The molecular weight excluding hydrogens is 464 g/mol. The van der Waals surface area contributed by atoms with Crippen molar-refractivity contribution >= 4 is 11.9 Å². The van der Waals surface area contributed by atoms with Gasteiger partial charge in [0.05, 0.1) is 11.5 Å². The van der Waals surface area contributed by atoms with E-state index in [0.29, 0.717) is 40.4 Å². The smallest absolute Gasteiger partial charge is 0.311 e. The predicted molar refractivity (Wildman–Crippen MR) is 139 cm³/mol. The third-order valence-electron chi connectivity index (χ3n) is 14.6. The monoisotopic (exact) mass is 512 g/mol. The molecule has 7 fully saturated rings. The molecule has 2 aliphatic heterocycles. The Morgan fingerprint density at radius 1 is 0.919 bits per heavy atom. The summed E-state index contributed by atoms with van der Waals surface area (Å²) in [5.41, 5.74) is 1.23. The van der Waals surface area contributed by atoms with Crippen LogP contribution in [-0.2, 0) is 23.8 Å². The van der Waals surface area contributed by atoms with Crippen LogP contribution in [0.2, 0.25) is 0 Å². The molecule has 0 radical (unpaired) electrons. The SMILES string of the molecule is CC(=O)O[C@@H]1CC[C@]23C[C@]24CC[C@@H]2[C@@]5(CC[C@@]2(C)[C@]4(C)CC[C@H]3C1(C)C)O[C@@]1(C[C@@H](C)C(=O)O1)C[C@H]5C. The quantitative estimate of drug-likeness (QED) is 0.361. The molecule has 0 amide bonds. The first-order valence-corrected chi connectivity index (χ1v) is 15.3. The van der Waals surface area contributed by atoms with Gasteiger partial charge < -0.3 is 14.2 Å². The van der Waals surface area contributed by atoms with E-state index in [1.165, 1.54) is 44.9 Å². The van der Waals surface area contributed by atoms with Crippen LogP contribution in [0, 0.1) is 50.7 Å². The Bertz CT molecular complexity index is 1070. The van der Waals surface area contributed by atoms with Crippen molar-refractivity contribution in [3.05, 3.63) is 0 Å². The average Bonchev–Trinajstić information content (AvgIpc) is 3.10. The van der Waals surface area contributed by atoms with Crippen LogP contribution in [0.1, 0.15) is 119 Å². The minimum atomic E-state index is -0.686. The first-order valence-electron chi connectivity index (χ1n) is 15.3. The molecule has 7 aliphatic rings. The van der Waals surface area contributed by atoms with E-state index in [1.807, 2.05) is 6.92 Å². The van der Waals surface area contributed by atoms with Gasteiger partial charge in [-0.2, -0.15) is 0 Å². The fourth-order valence-electron chi connectivity index (χ4n) is 12.9. The second kappa shape index (κ2) is 6.96. The number of carbonyl (C=O) groups excluding carboxylic acids is 2. The maximum Gasteiger partial charge on any atom is 0.311 e. The summed E-state index contributed by atoms with van der Waals surface area (Å²) in [4.78, 5) is 24.3. The van der Waals surface area contributed by atoms with Crippen LogP contribution in [0.25, 0.3) is 0 Å². The summed E-state index contributed by atoms with van der Waals surface area (Å²) in [6.07, 6.45) is 12.6. The largest absolute Gasteiger partial charge is 0.462 e. The highest BCUT2D eigenvalue weighted by molar-refractivity contribution is 5.74. The fourth-order valence-corrected chi connectivity index (χ4v) is 12.9. The number of hydrogen-bond acceptors (Lipinski definition) is 5. The molecule has 0 aromatic rings. The molecule has 5 heteroatoms. The Balaban J connectivity index is 1.21. The Hall–Kier alpha value is -1.10. The van der Waals surface area contributed by atoms with Gasteiger partial charge in [-0.25, -0.2) is 0 Å². The van der Waals surface area contributed by atoms with E-state index in [2.05, 4.69) is 34.6 Å². The van der Waals surface area contributed by atoms with Crippen molar-refractivity contribution in [2.45, 2.75) is 137 Å². The molecule has 7 rings (SSSR count). The second-order valence-corrected chi connectivity index (χ2v) is 15.9. The standard InChI is InChI=1S/C32H48O5/c1-19-16-31(36-25(19)34)17-20(2)32(37-31)15-14-27(6)23(32)9-13-30-18-29(30)12-10-24(35-21(3)33)26(4,5)22(29)8-11-28(27,30)7/h19-20,22-24H,8-18H2,1-7H3/t19-,20-,22+,23+,24-,27-,28+,29-,30+,31+,32+/m1/s1. The number of fused-ring (bicyclic) bond motifs is 3. The zero-order chi connectivity index (χ0) is 26.4. The topological polar surface area (TPSA) is 61.8 Å². The predicted octanol–water partition coefficient (Wildman–Crippen LogP) is 6.82. The van der Waals surface area contributed by atoms with Crippen molar-refractivity contribution in [2.24, 2.45) is 50.7 Å². The molecule has 5 nitrogen and oxygen atoms in total. The second-order valence-electron chi connectivity index (χ2n) is 15.9. The van der Waals surface area contributed by atoms with Crippen molar-refractivity contribution in [2.75, 3.05) is 0 Å². The van der Waals surface area contributed by atoms with E-state index in [-0.39, 0.29) is 40.4 Å². The third-order valence-corrected chi connectivity index (χ3v) is 14.6. The molecule has 0 unspecified atom stereocenters. The molecule has 0 bridgehead atoms. The summed E-state index contributed by atoms with van der Waals surface area (Å²) in [6.45, 7) is 16.0. The molecule has 4 spiro atoms. The molecule has 5 saturated carbocycles. The number of rotatable bonds is 1. The number of hydrogen-bond donors (Lipinski definition) is 0. The van der Waals surface area contributed by atoms with E-state index in [0.717, 1.165) is 19.3 Å². The van der Waals surface area contributed by atoms with Crippen molar-refractivity contribution < 1.29 is 23.8 Å². The maximum atomic E-state index is 12.4. The summed E-state index contributed by atoms with van der Waals surface area (Å²) in [6, 6.07) is 0. The lowest BCUT2D eigenvalue weighted by molar-refractivity contribution is -0.254. The van der Waals surface area contributed by atoms with E-state index in [4.69, 9.17) is 14.2 Å². The molecule has 37 heavy (non-hydrogen) atoms. The van der Waals surface area contributed by atoms with Crippen molar-refractivity contribution in [3.63, 3.8) is 0 Å². The van der Waals surface area contributed by atoms with Gasteiger partial charge >= 0.3 is 11.9 Å². The van der Waals surface area contributed by atoms with Gasteiger partial charge in [0.1, 0.15) is 6.10 Å². The van der Waals surface area contributed by atoms with Crippen molar-refractivity contribution in [1.29, 1.82) is 0 Å². The Labute approximate surface area is 223 Å². The molecule has 0 aromatic heterocycles. The lowest BCUT2D eigenvalue weighted by Crippen LogP contribution is -2.61. The van der Waals surface area contributed by atoms with Crippen LogP contribution in [-0.4, -0.2) is 29.4 Å². The van der Waals surface area contributed by atoms with Crippen LogP contribution in [0.4, 0.5) is 0 Å². The van der Waals surface area contributed by atoms with Gasteiger partial charge in [-0.3, -0.25) is 9.59 Å². The Morgan fingerprint density at radius 3 is 2.32 bits per heavy atom. The van der Waals surface area contributed by atoms with Crippen LogP contribution in [0.3, 0.4) is 0 Å². The number of ether oxygens (including phenoxy) is 3. The van der Waals surface area contributed by atoms with Gasteiger partial charge in [-0.1, -0.05) is 41.5 Å². The maximum absolute atomic E-state index is 12.4. The molecule has 2 heterocycles. The minimum Gasteiger partial charge on any atom is -0.462 e. The fraction of sp³-hybridized carbons (Fsp3) is 0.938. The summed E-state index contributed by atoms with van der Waals surface area (Å²) in [7, 11) is 0. The molecule has 206 valence electrons. The van der Waals surface area contributed by atoms with Gasteiger partial charge in [-0.15, -0.1) is 0 Å². The summed E-state index contributed by atoms with van der Waals surface area (Å²) >= 11 is 0. The zero-order valence-electron chi connectivity index (χ0n) is 24.2. The van der Waals surface area contributed by atoms with Crippen molar-refractivity contribution in [1.82, 2.24) is 0 Å². The van der Waals surface area contributed by atoms with Gasteiger partial charge in [0.15, 0.2) is 0 Å². The van der Waals surface area contributed by atoms with E-state index in [1.54, 1.807) is 6.92 Å². The van der Waals surface area contributed by atoms with Crippen LogP contribution in [0.15, 0.2) is 0 Å². The van der Waals surface area contributed by atoms with Gasteiger partial charge in [0, 0.05) is 25.2 Å². The molecule has 0 aromatic carbocycles. The van der Waals surface area contributed by atoms with Crippen LogP contribution in [0.5, 0.6) is 0 Å². The normalized spacial score (nSPS) is 58.9. The number of esters is 2. The third kappa shape index (κ3) is 2.63. The van der Waals surface area contributed by atoms with Crippen LogP contribution >= 0.6 is 0 Å². The molecule has 0 N–H and O–H groups in total. The molecule has 11 atom stereocenters. The highest BCUT2D eigenvalue weighted by Crippen LogP contribution is 2.92. The van der Waals surface area contributed by atoms with Gasteiger partial charge in [0.25, 0.3) is 0 Å². The van der Waals surface area contributed by atoms with Gasteiger partial charge in [-0.05, 0) is 97.2 Å². The molecular formula is C32H48O5. The lowest BCUT2D eigenvalue weighted by atomic mass is 9.39. The Kier molecular flexibility index (Phi) is 4.69. The van der Waals surface area contributed by atoms with Gasteiger partial charge in [0.2, 0.25) is 5.79 Å². The van der Waals surface area contributed by atoms with E-state index >= 15 is 0 Å². The summed E-state index contributed by atoms with van der Waals surface area (Å²) < 4.78 is 19.0. The van der Waals surface area contributed by atoms with E-state index < -0.39 is 5.79 Å². The average molecular weight is 513 g/mol. The summed E-state index contributed by atoms with van der Waals surface area (Å²) in [5.74, 6) is 0.617. The number of carbonyl (C=O) groups is 2. The van der Waals surface area contributed by atoms with E-state index in [9.17, 15) is 9.59 Å². The van der Waals surface area contributed by atoms with Crippen molar-refractivity contribution in [3.8, 4) is 0 Å². The first-order chi connectivity index (χ1) is 17.2. The highest BCUT2D eigenvalue weighted by atomic mass is 16.7. The highest BCUT2D eigenvalue weighted by Gasteiger charge is 2.86. The summed E-state index contributed by atoms with van der Waals surface area (Å²) in [5, 5.41) is 0. The first kappa shape index (κ1) is 24.9. The Morgan fingerprint density at radius 2 is 1.65 bits per heavy atom. The lowest BCUT2D eigenvalue weighted by Gasteiger charge is -2.66. The zero-order valence-corrected chi connectivity index (χ0v) is 24.2.